The van der Waals surface area contributed by atoms with E-state index in [0.29, 0.717) is 10.0 Å². The van der Waals surface area contributed by atoms with Crippen molar-refractivity contribution >= 4 is 34.6 Å². The third-order valence-corrected chi connectivity index (χ3v) is 2.31. The van der Waals surface area contributed by atoms with Gasteiger partial charge >= 0.3 is 0 Å². The number of halogens is 2. The monoisotopic (exact) mass is 202 g/mol. The second kappa shape index (κ2) is 3.04. The number of hydrogen-bond donors (Lipinski definition) is 2. The highest BCUT2D eigenvalue weighted by Gasteiger charge is 2.11. The van der Waals surface area contributed by atoms with Gasteiger partial charge in [-0.15, -0.1) is 0 Å². The molecule has 1 aliphatic heterocycles. The van der Waals surface area contributed by atoms with Gasteiger partial charge in [0.05, 0.1) is 16.4 Å². The average Bonchev–Trinajstić information content (AvgIpc) is 2.04. The molecule has 2 rings (SSSR count). The lowest BCUT2D eigenvalue weighted by Crippen LogP contribution is -2.20. The van der Waals surface area contributed by atoms with Gasteiger partial charge < -0.3 is 10.6 Å². The summed E-state index contributed by atoms with van der Waals surface area (Å²) < 4.78 is 0. The van der Waals surface area contributed by atoms with Crippen molar-refractivity contribution in [3.8, 4) is 0 Å². The number of anilines is 2. The SMILES string of the molecule is Clc1cc(Cl)c2c(c1)NCCN2. The zero-order chi connectivity index (χ0) is 8.55. The zero-order valence-electron chi connectivity index (χ0n) is 6.32. The van der Waals surface area contributed by atoms with Crippen LogP contribution in [0.5, 0.6) is 0 Å². The number of nitrogens with one attached hydrogen (secondary N) is 2. The Hall–Kier alpha value is -0.600. The Labute approximate surface area is 80.9 Å². The topological polar surface area (TPSA) is 24.1 Å². The van der Waals surface area contributed by atoms with Crippen molar-refractivity contribution in [2.24, 2.45) is 0 Å². The lowest BCUT2D eigenvalue weighted by atomic mass is 10.2. The van der Waals surface area contributed by atoms with Crippen molar-refractivity contribution in [2.45, 2.75) is 0 Å². The minimum atomic E-state index is 0.662. The molecule has 0 unspecified atom stereocenters. The third kappa shape index (κ3) is 1.32. The quantitative estimate of drug-likeness (QED) is 0.677. The molecular weight excluding hydrogens is 195 g/mol. The van der Waals surface area contributed by atoms with Gasteiger partial charge in [-0.05, 0) is 12.1 Å². The van der Waals surface area contributed by atoms with Crippen molar-refractivity contribution in [1.29, 1.82) is 0 Å². The maximum absolute atomic E-state index is 5.96. The molecule has 0 atom stereocenters. The molecule has 0 bridgehead atoms. The average molecular weight is 203 g/mol. The van der Waals surface area contributed by atoms with Crippen LogP contribution >= 0.6 is 23.2 Å². The van der Waals surface area contributed by atoms with E-state index in [2.05, 4.69) is 10.6 Å². The second-order valence-electron chi connectivity index (χ2n) is 2.66. The summed E-state index contributed by atoms with van der Waals surface area (Å²) in [7, 11) is 0. The second-order valence-corrected chi connectivity index (χ2v) is 3.51. The first kappa shape index (κ1) is 8.02. The molecule has 2 nitrogen and oxygen atoms in total. The molecule has 0 saturated carbocycles. The van der Waals surface area contributed by atoms with E-state index in [1.165, 1.54) is 0 Å². The van der Waals surface area contributed by atoms with Gasteiger partial charge in [-0.1, -0.05) is 23.2 Å². The van der Waals surface area contributed by atoms with E-state index in [9.17, 15) is 0 Å². The summed E-state index contributed by atoms with van der Waals surface area (Å²) in [6, 6.07) is 3.61. The Kier molecular flexibility index (Phi) is 2.03. The largest absolute Gasteiger partial charge is 0.382 e. The van der Waals surface area contributed by atoms with E-state index in [1.807, 2.05) is 6.07 Å². The predicted octanol–water partition coefficient (Wildman–Crippen LogP) is 2.83. The van der Waals surface area contributed by atoms with Crippen molar-refractivity contribution in [3.63, 3.8) is 0 Å². The minimum Gasteiger partial charge on any atom is -0.382 e. The molecule has 0 saturated heterocycles. The molecule has 0 spiro atoms. The standard InChI is InChI=1S/C8H8Cl2N2/c9-5-3-6(10)8-7(4-5)11-1-2-12-8/h3-4,11-12H,1-2H2. The van der Waals surface area contributed by atoms with Crippen LogP contribution in [0.15, 0.2) is 12.1 Å². The molecule has 2 N–H and O–H groups in total. The molecule has 0 fully saturated rings. The highest BCUT2D eigenvalue weighted by molar-refractivity contribution is 6.37. The fraction of sp³-hybridized carbons (Fsp3) is 0.250. The number of rotatable bonds is 0. The molecule has 1 aromatic rings. The van der Waals surface area contributed by atoms with E-state index in [4.69, 9.17) is 23.2 Å². The van der Waals surface area contributed by atoms with E-state index >= 15 is 0 Å². The molecular formula is C8H8Cl2N2. The van der Waals surface area contributed by atoms with Crippen LogP contribution in [-0.4, -0.2) is 13.1 Å². The van der Waals surface area contributed by atoms with Crippen LogP contribution in [0.1, 0.15) is 0 Å². The molecule has 0 aliphatic carbocycles. The fourth-order valence-corrected chi connectivity index (χ4v) is 1.84. The number of fused-ring (bicyclic) bond motifs is 1. The van der Waals surface area contributed by atoms with Gasteiger partial charge in [0.25, 0.3) is 0 Å². The molecule has 0 aromatic heterocycles. The van der Waals surface area contributed by atoms with Crippen LogP contribution in [0.25, 0.3) is 0 Å². The van der Waals surface area contributed by atoms with Gasteiger partial charge in [-0.2, -0.15) is 0 Å². The van der Waals surface area contributed by atoms with Crippen LogP contribution in [0.3, 0.4) is 0 Å². The maximum atomic E-state index is 5.96. The van der Waals surface area contributed by atoms with Crippen LogP contribution < -0.4 is 10.6 Å². The Balaban J connectivity index is 2.53. The molecule has 4 heteroatoms. The Morgan fingerprint density at radius 3 is 2.67 bits per heavy atom. The normalized spacial score (nSPS) is 14.5. The lowest BCUT2D eigenvalue weighted by Gasteiger charge is -2.20. The molecule has 12 heavy (non-hydrogen) atoms. The summed E-state index contributed by atoms with van der Waals surface area (Å²) in [4.78, 5) is 0. The fourth-order valence-electron chi connectivity index (χ4n) is 1.28. The van der Waals surface area contributed by atoms with E-state index in [0.717, 1.165) is 24.5 Å². The first-order valence-corrected chi connectivity index (χ1v) is 4.50. The van der Waals surface area contributed by atoms with Crippen molar-refractivity contribution in [2.75, 3.05) is 23.7 Å². The molecule has 1 aliphatic rings. The zero-order valence-corrected chi connectivity index (χ0v) is 7.84. The van der Waals surface area contributed by atoms with Crippen molar-refractivity contribution in [1.82, 2.24) is 0 Å². The maximum Gasteiger partial charge on any atom is 0.0766 e. The Morgan fingerprint density at radius 2 is 1.83 bits per heavy atom. The van der Waals surface area contributed by atoms with Gasteiger partial charge in [0, 0.05) is 18.1 Å². The molecule has 64 valence electrons. The van der Waals surface area contributed by atoms with Gasteiger partial charge in [0.15, 0.2) is 0 Å². The Bertz CT molecular complexity index is 312. The van der Waals surface area contributed by atoms with Crippen molar-refractivity contribution < 1.29 is 0 Å². The summed E-state index contributed by atoms with van der Waals surface area (Å²) in [6.07, 6.45) is 0. The highest BCUT2D eigenvalue weighted by atomic mass is 35.5. The number of benzene rings is 1. The lowest BCUT2D eigenvalue weighted by molar-refractivity contribution is 1.05. The van der Waals surface area contributed by atoms with E-state index in [-0.39, 0.29) is 0 Å². The van der Waals surface area contributed by atoms with Crippen LogP contribution in [0, 0.1) is 0 Å². The molecule has 0 amide bonds. The summed E-state index contributed by atoms with van der Waals surface area (Å²) in [5, 5.41) is 7.75. The van der Waals surface area contributed by atoms with Crippen LogP contribution in [0.4, 0.5) is 11.4 Å². The van der Waals surface area contributed by atoms with Crippen LogP contribution in [0.2, 0.25) is 10.0 Å². The summed E-state index contributed by atoms with van der Waals surface area (Å²) in [5.41, 5.74) is 1.94. The Morgan fingerprint density at radius 1 is 1.08 bits per heavy atom. The van der Waals surface area contributed by atoms with Gasteiger partial charge in [0.2, 0.25) is 0 Å². The molecule has 1 heterocycles. The third-order valence-electron chi connectivity index (χ3n) is 1.80. The van der Waals surface area contributed by atoms with Gasteiger partial charge in [-0.3, -0.25) is 0 Å². The molecule has 1 aromatic carbocycles. The van der Waals surface area contributed by atoms with Crippen LogP contribution in [-0.2, 0) is 0 Å². The van der Waals surface area contributed by atoms with E-state index < -0.39 is 0 Å². The van der Waals surface area contributed by atoms with Gasteiger partial charge in [0.1, 0.15) is 0 Å². The van der Waals surface area contributed by atoms with Gasteiger partial charge in [-0.25, -0.2) is 0 Å². The summed E-state index contributed by atoms with van der Waals surface area (Å²) in [5.74, 6) is 0. The summed E-state index contributed by atoms with van der Waals surface area (Å²) >= 11 is 11.8. The summed E-state index contributed by atoms with van der Waals surface area (Å²) in [6.45, 7) is 1.80. The molecule has 0 radical (unpaired) electrons. The highest BCUT2D eigenvalue weighted by Crippen LogP contribution is 2.35. The first-order valence-electron chi connectivity index (χ1n) is 3.74. The minimum absolute atomic E-state index is 0.662. The number of hydrogen-bond acceptors (Lipinski definition) is 2. The van der Waals surface area contributed by atoms with Crippen molar-refractivity contribution in [3.05, 3.63) is 22.2 Å². The predicted molar refractivity (Wildman–Crippen MR) is 53.4 cm³/mol. The first-order chi connectivity index (χ1) is 5.77. The smallest absolute Gasteiger partial charge is 0.0766 e. The van der Waals surface area contributed by atoms with E-state index in [1.54, 1.807) is 6.07 Å².